The van der Waals surface area contributed by atoms with E-state index in [1.807, 2.05) is 37.9 Å². The third kappa shape index (κ3) is 2.91. The summed E-state index contributed by atoms with van der Waals surface area (Å²) < 4.78 is 0. The molecule has 1 fully saturated rings. The molecule has 1 saturated heterocycles. The largest absolute Gasteiger partial charge is 0.340 e. The Morgan fingerprint density at radius 3 is 2.83 bits per heavy atom. The molecular weight excluding hydrogens is 224 g/mol. The Kier molecular flexibility index (Phi) is 4.02. The molecule has 1 heterocycles. The molecule has 0 aliphatic carbocycles. The number of aryl methyl sites for hydroxylation is 2. The summed E-state index contributed by atoms with van der Waals surface area (Å²) in [6.07, 6.45) is 2.39. The molecule has 1 unspecified atom stereocenters. The molecule has 18 heavy (non-hydrogen) atoms. The van der Waals surface area contributed by atoms with Crippen molar-refractivity contribution in [2.45, 2.75) is 32.7 Å². The van der Waals surface area contributed by atoms with Crippen molar-refractivity contribution in [3.63, 3.8) is 0 Å². The van der Waals surface area contributed by atoms with Gasteiger partial charge in [-0.1, -0.05) is 17.7 Å². The quantitative estimate of drug-likeness (QED) is 0.886. The zero-order valence-corrected chi connectivity index (χ0v) is 11.5. The number of rotatable bonds is 3. The van der Waals surface area contributed by atoms with E-state index in [1.54, 1.807) is 0 Å². The highest BCUT2D eigenvalue weighted by Crippen LogP contribution is 2.14. The minimum absolute atomic E-state index is 0.126. The fourth-order valence-corrected chi connectivity index (χ4v) is 2.59. The lowest BCUT2D eigenvalue weighted by Crippen LogP contribution is -2.38. The number of amides is 1. The standard InChI is InChI=1S/C15H22N2O/c1-11-6-7-14(12(2)9-11)15(18)17(3)10-13-5-4-8-16-13/h6-7,9,13,16H,4-5,8,10H2,1-3H3. The summed E-state index contributed by atoms with van der Waals surface area (Å²) in [6.45, 7) is 5.93. The van der Waals surface area contributed by atoms with Crippen molar-refractivity contribution in [1.29, 1.82) is 0 Å². The number of nitrogens with zero attached hydrogens (tertiary/aromatic N) is 1. The molecule has 1 N–H and O–H groups in total. The summed E-state index contributed by atoms with van der Waals surface area (Å²) in [4.78, 5) is 14.2. The summed E-state index contributed by atoms with van der Waals surface area (Å²) in [5, 5.41) is 3.42. The van der Waals surface area contributed by atoms with E-state index in [4.69, 9.17) is 0 Å². The first-order chi connectivity index (χ1) is 8.58. The molecule has 1 aliphatic heterocycles. The molecule has 3 nitrogen and oxygen atoms in total. The first-order valence-electron chi connectivity index (χ1n) is 6.64. The van der Waals surface area contributed by atoms with Gasteiger partial charge in [0.25, 0.3) is 5.91 Å². The van der Waals surface area contributed by atoms with Gasteiger partial charge in [-0.05, 0) is 44.9 Å². The predicted octanol–water partition coefficient (Wildman–Crippen LogP) is 2.13. The molecule has 1 aromatic carbocycles. The lowest BCUT2D eigenvalue weighted by atomic mass is 10.0. The van der Waals surface area contributed by atoms with Crippen LogP contribution in [-0.2, 0) is 0 Å². The van der Waals surface area contributed by atoms with Crippen LogP contribution in [0.25, 0.3) is 0 Å². The predicted molar refractivity (Wildman–Crippen MR) is 73.9 cm³/mol. The van der Waals surface area contributed by atoms with Crippen molar-refractivity contribution in [1.82, 2.24) is 10.2 Å². The lowest BCUT2D eigenvalue weighted by molar-refractivity contribution is 0.0783. The van der Waals surface area contributed by atoms with Gasteiger partial charge < -0.3 is 10.2 Å². The van der Waals surface area contributed by atoms with Gasteiger partial charge in [0, 0.05) is 25.2 Å². The summed E-state index contributed by atoms with van der Waals surface area (Å²) in [6, 6.07) is 6.47. The summed E-state index contributed by atoms with van der Waals surface area (Å²) in [5.74, 6) is 0.126. The average molecular weight is 246 g/mol. The number of nitrogens with one attached hydrogen (secondary N) is 1. The molecule has 1 amide bonds. The molecular formula is C15H22N2O. The van der Waals surface area contributed by atoms with Crippen LogP contribution in [0.5, 0.6) is 0 Å². The Balaban J connectivity index is 2.05. The fourth-order valence-electron chi connectivity index (χ4n) is 2.59. The number of benzene rings is 1. The minimum atomic E-state index is 0.126. The van der Waals surface area contributed by atoms with Crippen LogP contribution < -0.4 is 5.32 Å². The maximum Gasteiger partial charge on any atom is 0.253 e. The van der Waals surface area contributed by atoms with Gasteiger partial charge in [-0.15, -0.1) is 0 Å². The van der Waals surface area contributed by atoms with Crippen LogP contribution in [-0.4, -0.2) is 37.0 Å². The number of hydrogen-bond acceptors (Lipinski definition) is 2. The molecule has 0 saturated carbocycles. The number of carbonyl (C=O) groups excluding carboxylic acids is 1. The van der Waals surface area contributed by atoms with E-state index >= 15 is 0 Å². The van der Waals surface area contributed by atoms with Gasteiger partial charge in [0.05, 0.1) is 0 Å². The first kappa shape index (κ1) is 13.1. The molecule has 0 radical (unpaired) electrons. The third-order valence-electron chi connectivity index (χ3n) is 3.62. The Bertz CT molecular complexity index is 436. The van der Waals surface area contributed by atoms with E-state index in [-0.39, 0.29) is 5.91 Å². The minimum Gasteiger partial charge on any atom is -0.340 e. The summed E-state index contributed by atoms with van der Waals surface area (Å²) in [5.41, 5.74) is 3.08. The first-order valence-corrected chi connectivity index (χ1v) is 6.64. The average Bonchev–Trinajstić information content (AvgIpc) is 2.81. The Labute approximate surface area is 109 Å². The number of likely N-dealkylation sites (N-methyl/N-ethyl adjacent to an activating group) is 1. The van der Waals surface area contributed by atoms with E-state index in [0.29, 0.717) is 6.04 Å². The van der Waals surface area contributed by atoms with Crippen molar-refractivity contribution >= 4 is 5.91 Å². The maximum absolute atomic E-state index is 12.4. The molecule has 98 valence electrons. The van der Waals surface area contributed by atoms with Crippen LogP contribution >= 0.6 is 0 Å². The lowest BCUT2D eigenvalue weighted by Gasteiger charge is -2.22. The van der Waals surface area contributed by atoms with Crippen molar-refractivity contribution in [2.75, 3.05) is 20.1 Å². The van der Waals surface area contributed by atoms with E-state index in [0.717, 1.165) is 24.2 Å². The normalized spacial score (nSPS) is 18.9. The zero-order valence-electron chi connectivity index (χ0n) is 11.5. The molecule has 0 aromatic heterocycles. The van der Waals surface area contributed by atoms with Gasteiger partial charge in [0.1, 0.15) is 0 Å². The van der Waals surface area contributed by atoms with Crippen molar-refractivity contribution < 1.29 is 4.79 Å². The summed E-state index contributed by atoms with van der Waals surface area (Å²) in [7, 11) is 1.89. The fraction of sp³-hybridized carbons (Fsp3) is 0.533. The number of hydrogen-bond donors (Lipinski definition) is 1. The Morgan fingerprint density at radius 1 is 1.44 bits per heavy atom. The van der Waals surface area contributed by atoms with Gasteiger partial charge >= 0.3 is 0 Å². The van der Waals surface area contributed by atoms with E-state index in [2.05, 4.69) is 11.4 Å². The molecule has 1 aromatic rings. The second kappa shape index (κ2) is 5.53. The maximum atomic E-state index is 12.4. The van der Waals surface area contributed by atoms with Crippen molar-refractivity contribution in [3.8, 4) is 0 Å². The smallest absolute Gasteiger partial charge is 0.253 e. The van der Waals surface area contributed by atoms with Gasteiger partial charge in [0.15, 0.2) is 0 Å². The third-order valence-corrected chi connectivity index (χ3v) is 3.62. The second-order valence-corrected chi connectivity index (χ2v) is 5.30. The Morgan fingerprint density at radius 2 is 2.22 bits per heavy atom. The van der Waals surface area contributed by atoms with E-state index in [9.17, 15) is 4.79 Å². The second-order valence-electron chi connectivity index (χ2n) is 5.30. The van der Waals surface area contributed by atoms with Crippen LogP contribution in [0, 0.1) is 13.8 Å². The Hall–Kier alpha value is -1.35. The highest BCUT2D eigenvalue weighted by Gasteiger charge is 2.20. The van der Waals surface area contributed by atoms with Crippen LogP contribution in [0.3, 0.4) is 0 Å². The number of carbonyl (C=O) groups is 1. The van der Waals surface area contributed by atoms with Crippen LogP contribution in [0.2, 0.25) is 0 Å². The van der Waals surface area contributed by atoms with Crippen molar-refractivity contribution in [2.24, 2.45) is 0 Å². The molecule has 1 aliphatic rings. The SMILES string of the molecule is Cc1ccc(C(=O)N(C)CC2CCCN2)c(C)c1. The molecule has 2 rings (SSSR count). The monoisotopic (exact) mass is 246 g/mol. The van der Waals surface area contributed by atoms with Crippen LogP contribution in [0.4, 0.5) is 0 Å². The highest BCUT2D eigenvalue weighted by atomic mass is 16.2. The van der Waals surface area contributed by atoms with Crippen molar-refractivity contribution in [3.05, 3.63) is 34.9 Å². The molecule has 3 heteroatoms. The molecule has 0 bridgehead atoms. The highest BCUT2D eigenvalue weighted by molar-refractivity contribution is 5.95. The van der Waals surface area contributed by atoms with Crippen LogP contribution in [0.1, 0.15) is 34.3 Å². The summed E-state index contributed by atoms with van der Waals surface area (Å²) >= 11 is 0. The van der Waals surface area contributed by atoms with Gasteiger partial charge in [-0.3, -0.25) is 4.79 Å². The van der Waals surface area contributed by atoms with Gasteiger partial charge in [0.2, 0.25) is 0 Å². The topological polar surface area (TPSA) is 32.3 Å². The zero-order chi connectivity index (χ0) is 13.1. The van der Waals surface area contributed by atoms with E-state index < -0.39 is 0 Å². The molecule has 0 spiro atoms. The van der Waals surface area contributed by atoms with Crippen LogP contribution in [0.15, 0.2) is 18.2 Å². The van der Waals surface area contributed by atoms with E-state index in [1.165, 1.54) is 18.4 Å². The molecule has 1 atom stereocenters. The van der Waals surface area contributed by atoms with Gasteiger partial charge in [-0.25, -0.2) is 0 Å². The van der Waals surface area contributed by atoms with Gasteiger partial charge in [-0.2, -0.15) is 0 Å².